The molecule has 142 valence electrons. The lowest BCUT2D eigenvalue weighted by Gasteiger charge is -2.26. The second kappa shape index (κ2) is 9.00. The van der Waals surface area contributed by atoms with E-state index in [-0.39, 0.29) is 5.91 Å². The summed E-state index contributed by atoms with van der Waals surface area (Å²) < 4.78 is 0. The van der Waals surface area contributed by atoms with E-state index < -0.39 is 11.9 Å². The van der Waals surface area contributed by atoms with Gasteiger partial charge < -0.3 is 10.6 Å². The van der Waals surface area contributed by atoms with Crippen molar-refractivity contribution < 1.29 is 9.59 Å². The minimum Gasteiger partial charge on any atom is -0.368 e. The second-order valence-corrected chi connectivity index (χ2v) is 6.77. The number of benzene rings is 3. The summed E-state index contributed by atoms with van der Waals surface area (Å²) in [4.78, 5) is 26.8. The van der Waals surface area contributed by atoms with E-state index in [1.54, 1.807) is 13.1 Å². The van der Waals surface area contributed by atoms with E-state index in [1.165, 1.54) is 4.90 Å². The van der Waals surface area contributed by atoms with Crippen LogP contribution in [0.15, 0.2) is 84.9 Å². The third-order valence-electron chi connectivity index (χ3n) is 4.91. The van der Waals surface area contributed by atoms with Crippen molar-refractivity contribution in [2.75, 3.05) is 7.05 Å². The molecule has 3 aromatic rings. The molecule has 0 saturated heterocycles. The fourth-order valence-corrected chi connectivity index (χ4v) is 3.35. The normalized spacial score (nSPS) is 11.6. The van der Waals surface area contributed by atoms with E-state index in [0.29, 0.717) is 18.4 Å². The molecule has 0 fully saturated rings. The van der Waals surface area contributed by atoms with Gasteiger partial charge in [0.05, 0.1) is 0 Å². The lowest BCUT2D eigenvalue weighted by molar-refractivity contribution is -0.122. The zero-order valence-electron chi connectivity index (χ0n) is 15.9. The molecule has 0 aliphatic rings. The molecule has 0 radical (unpaired) electrons. The molecule has 0 bridgehead atoms. The molecule has 1 atom stereocenters. The van der Waals surface area contributed by atoms with Crippen LogP contribution in [0.4, 0.5) is 0 Å². The highest BCUT2D eigenvalue weighted by molar-refractivity contribution is 6.02. The third kappa shape index (κ3) is 4.46. The van der Waals surface area contributed by atoms with Crippen LogP contribution in [0.3, 0.4) is 0 Å². The molecule has 0 aliphatic carbocycles. The predicted molar refractivity (Wildman–Crippen MR) is 112 cm³/mol. The van der Waals surface area contributed by atoms with Gasteiger partial charge in [0, 0.05) is 12.6 Å². The first-order chi connectivity index (χ1) is 13.6. The van der Waals surface area contributed by atoms with Crippen LogP contribution in [-0.2, 0) is 11.2 Å². The quantitative estimate of drug-likeness (QED) is 0.683. The summed E-state index contributed by atoms with van der Waals surface area (Å²) >= 11 is 0. The zero-order valence-corrected chi connectivity index (χ0v) is 15.9. The highest BCUT2D eigenvalue weighted by Gasteiger charge is 2.27. The first-order valence-electron chi connectivity index (χ1n) is 9.33. The van der Waals surface area contributed by atoms with Crippen molar-refractivity contribution in [1.82, 2.24) is 4.90 Å². The molecule has 2 N–H and O–H groups in total. The number of hydrogen-bond acceptors (Lipinski definition) is 2. The van der Waals surface area contributed by atoms with Crippen molar-refractivity contribution in [1.29, 1.82) is 0 Å². The zero-order chi connectivity index (χ0) is 19.9. The highest BCUT2D eigenvalue weighted by atomic mass is 16.2. The second-order valence-electron chi connectivity index (χ2n) is 6.77. The summed E-state index contributed by atoms with van der Waals surface area (Å²) in [6.07, 6.45) is 1.15. The van der Waals surface area contributed by atoms with Gasteiger partial charge in [-0.05, 0) is 35.6 Å². The van der Waals surface area contributed by atoms with Gasteiger partial charge in [-0.3, -0.25) is 9.59 Å². The molecule has 0 heterocycles. The van der Waals surface area contributed by atoms with Crippen LogP contribution in [0.5, 0.6) is 0 Å². The average Bonchev–Trinajstić information content (AvgIpc) is 2.74. The van der Waals surface area contributed by atoms with Gasteiger partial charge in [-0.2, -0.15) is 0 Å². The molecule has 3 aromatic carbocycles. The minimum atomic E-state index is -0.670. The van der Waals surface area contributed by atoms with E-state index >= 15 is 0 Å². The van der Waals surface area contributed by atoms with Crippen LogP contribution in [0.1, 0.15) is 22.3 Å². The maximum absolute atomic E-state index is 13.2. The smallest absolute Gasteiger partial charge is 0.254 e. The summed E-state index contributed by atoms with van der Waals surface area (Å²) in [5.41, 5.74) is 9.10. The highest BCUT2D eigenvalue weighted by Crippen LogP contribution is 2.25. The van der Waals surface area contributed by atoms with E-state index in [4.69, 9.17) is 5.73 Å². The first kappa shape index (κ1) is 19.4. The SMILES string of the molecule is CN(C(=O)c1ccccc1-c1ccccc1)C(CCc1ccccc1)C(N)=O. The van der Waals surface area contributed by atoms with E-state index in [0.717, 1.165) is 16.7 Å². The van der Waals surface area contributed by atoms with Crippen molar-refractivity contribution in [3.63, 3.8) is 0 Å². The number of carbonyl (C=O) groups is 2. The Bertz CT molecular complexity index is 939. The molecule has 2 amide bonds. The lowest BCUT2D eigenvalue weighted by Crippen LogP contribution is -2.46. The molecule has 0 aromatic heterocycles. The Hall–Kier alpha value is -3.40. The lowest BCUT2D eigenvalue weighted by atomic mass is 9.97. The van der Waals surface area contributed by atoms with Gasteiger partial charge in [0.15, 0.2) is 0 Å². The number of likely N-dealkylation sites (N-methyl/N-ethyl adjacent to an activating group) is 1. The van der Waals surface area contributed by atoms with Crippen molar-refractivity contribution in [3.8, 4) is 11.1 Å². The number of primary amides is 1. The molecule has 0 saturated carbocycles. The van der Waals surface area contributed by atoms with E-state index in [9.17, 15) is 9.59 Å². The number of rotatable bonds is 7. The molecule has 1 unspecified atom stereocenters. The van der Waals surface area contributed by atoms with Crippen LogP contribution < -0.4 is 5.73 Å². The van der Waals surface area contributed by atoms with Gasteiger partial charge in [-0.1, -0.05) is 78.9 Å². The molecule has 0 spiro atoms. The summed E-state index contributed by atoms with van der Waals surface area (Å²) in [5, 5.41) is 0. The summed E-state index contributed by atoms with van der Waals surface area (Å²) in [6, 6.07) is 26.4. The Kier molecular flexibility index (Phi) is 6.22. The first-order valence-corrected chi connectivity index (χ1v) is 9.33. The van der Waals surface area contributed by atoms with Crippen LogP contribution in [0, 0.1) is 0 Å². The molecule has 0 aliphatic heterocycles. The fraction of sp³-hybridized carbons (Fsp3) is 0.167. The molecular weight excluding hydrogens is 348 g/mol. The monoisotopic (exact) mass is 372 g/mol. The van der Waals surface area contributed by atoms with Crippen LogP contribution in [0.25, 0.3) is 11.1 Å². The van der Waals surface area contributed by atoms with Crippen LogP contribution >= 0.6 is 0 Å². The average molecular weight is 372 g/mol. The van der Waals surface area contributed by atoms with E-state index in [1.807, 2.05) is 78.9 Å². The van der Waals surface area contributed by atoms with Crippen molar-refractivity contribution in [3.05, 3.63) is 96.1 Å². The Morgan fingerprint density at radius 3 is 2.07 bits per heavy atom. The van der Waals surface area contributed by atoms with Gasteiger partial charge >= 0.3 is 0 Å². The van der Waals surface area contributed by atoms with Crippen molar-refractivity contribution >= 4 is 11.8 Å². The Balaban J connectivity index is 1.83. The summed E-state index contributed by atoms with van der Waals surface area (Å²) in [5.74, 6) is -0.708. The molecule has 28 heavy (non-hydrogen) atoms. The van der Waals surface area contributed by atoms with Gasteiger partial charge in [-0.15, -0.1) is 0 Å². The molecular formula is C24H24N2O2. The Labute approximate surface area is 165 Å². The third-order valence-corrected chi connectivity index (χ3v) is 4.91. The number of nitrogens with two attached hydrogens (primary N) is 1. The molecule has 3 rings (SSSR count). The van der Waals surface area contributed by atoms with Crippen molar-refractivity contribution in [2.45, 2.75) is 18.9 Å². The number of hydrogen-bond donors (Lipinski definition) is 1. The maximum atomic E-state index is 13.2. The van der Waals surface area contributed by atoms with Gasteiger partial charge in [0.2, 0.25) is 5.91 Å². The van der Waals surface area contributed by atoms with Crippen LogP contribution in [-0.4, -0.2) is 29.8 Å². The van der Waals surface area contributed by atoms with Gasteiger partial charge in [-0.25, -0.2) is 0 Å². The van der Waals surface area contributed by atoms with Gasteiger partial charge in [0.1, 0.15) is 6.04 Å². The number of nitrogens with zero attached hydrogens (tertiary/aromatic N) is 1. The molecule has 4 heteroatoms. The minimum absolute atomic E-state index is 0.212. The maximum Gasteiger partial charge on any atom is 0.254 e. The fourth-order valence-electron chi connectivity index (χ4n) is 3.35. The predicted octanol–water partition coefficient (Wildman–Crippen LogP) is 3.91. The number of amides is 2. The largest absolute Gasteiger partial charge is 0.368 e. The topological polar surface area (TPSA) is 63.4 Å². The van der Waals surface area contributed by atoms with Crippen LogP contribution in [0.2, 0.25) is 0 Å². The van der Waals surface area contributed by atoms with E-state index in [2.05, 4.69) is 0 Å². The standard InChI is InChI=1S/C24H24N2O2/c1-26(22(23(25)27)17-16-18-10-4-2-5-11-18)24(28)21-15-9-8-14-20(21)19-12-6-3-7-13-19/h2-15,22H,16-17H2,1H3,(H2,25,27). The Morgan fingerprint density at radius 1 is 0.857 bits per heavy atom. The van der Waals surface area contributed by atoms with Gasteiger partial charge in [0.25, 0.3) is 5.91 Å². The number of aryl methyl sites for hydroxylation is 1. The van der Waals surface area contributed by atoms with Crippen molar-refractivity contribution in [2.24, 2.45) is 5.73 Å². The molecule has 4 nitrogen and oxygen atoms in total. The summed E-state index contributed by atoms with van der Waals surface area (Å²) in [6.45, 7) is 0. The summed E-state index contributed by atoms with van der Waals surface area (Å²) in [7, 11) is 1.64. The Morgan fingerprint density at radius 2 is 1.43 bits per heavy atom. The number of carbonyl (C=O) groups excluding carboxylic acids is 2.